The molecule has 1 aromatic rings. The summed E-state index contributed by atoms with van der Waals surface area (Å²) in [6, 6.07) is 7.91. The molecule has 4 nitrogen and oxygen atoms in total. The average Bonchev–Trinajstić information content (AvgIpc) is 2.47. The van der Waals surface area contributed by atoms with Gasteiger partial charge in [0, 0.05) is 25.3 Å². The standard InChI is InChI=1S/C16H25NO3S/c1-14-5-2-6-15(13-14)20-10-3-7-16(19)17-8-12-21-11-4-9-18/h2,5-6,13,18H,3-4,7-12H2,1H3,(H,17,19). The smallest absolute Gasteiger partial charge is 0.220 e. The van der Waals surface area contributed by atoms with Gasteiger partial charge in [0.2, 0.25) is 5.91 Å². The highest BCUT2D eigenvalue weighted by Crippen LogP contribution is 2.12. The molecule has 0 fully saturated rings. The number of hydrogen-bond acceptors (Lipinski definition) is 4. The monoisotopic (exact) mass is 311 g/mol. The van der Waals surface area contributed by atoms with Crippen molar-refractivity contribution in [2.75, 3.05) is 31.3 Å². The third kappa shape index (κ3) is 9.37. The van der Waals surface area contributed by atoms with Crippen molar-refractivity contribution in [2.24, 2.45) is 0 Å². The second kappa shape index (κ2) is 11.5. The summed E-state index contributed by atoms with van der Waals surface area (Å²) < 4.78 is 5.60. The van der Waals surface area contributed by atoms with E-state index >= 15 is 0 Å². The van der Waals surface area contributed by atoms with Crippen LogP contribution in [-0.4, -0.2) is 42.3 Å². The summed E-state index contributed by atoms with van der Waals surface area (Å²) in [5.74, 6) is 2.77. The fourth-order valence-electron chi connectivity index (χ4n) is 1.75. The molecule has 0 aliphatic heterocycles. The number of hydrogen-bond donors (Lipinski definition) is 2. The van der Waals surface area contributed by atoms with Crippen LogP contribution in [0.25, 0.3) is 0 Å². The second-order valence-electron chi connectivity index (χ2n) is 4.81. The molecular formula is C16H25NO3S. The maximum atomic E-state index is 11.6. The molecule has 0 saturated carbocycles. The molecule has 0 aliphatic rings. The summed E-state index contributed by atoms with van der Waals surface area (Å²) in [5, 5.41) is 11.5. The molecule has 0 aromatic heterocycles. The van der Waals surface area contributed by atoms with Gasteiger partial charge in [-0.25, -0.2) is 0 Å². The highest BCUT2D eigenvalue weighted by atomic mass is 32.2. The van der Waals surface area contributed by atoms with E-state index in [1.807, 2.05) is 31.2 Å². The minimum Gasteiger partial charge on any atom is -0.494 e. The summed E-state index contributed by atoms with van der Waals surface area (Å²) in [6.45, 7) is 3.51. The minimum absolute atomic E-state index is 0.0746. The Morgan fingerprint density at radius 1 is 1.33 bits per heavy atom. The molecule has 1 aromatic carbocycles. The van der Waals surface area contributed by atoms with Crippen molar-refractivity contribution < 1.29 is 14.6 Å². The number of carbonyl (C=O) groups excluding carboxylic acids is 1. The van der Waals surface area contributed by atoms with Gasteiger partial charge in [-0.05, 0) is 43.2 Å². The van der Waals surface area contributed by atoms with E-state index in [4.69, 9.17) is 9.84 Å². The van der Waals surface area contributed by atoms with E-state index in [0.29, 0.717) is 19.6 Å². The van der Waals surface area contributed by atoms with Gasteiger partial charge in [0.05, 0.1) is 6.61 Å². The largest absolute Gasteiger partial charge is 0.494 e. The van der Waals surface area contributed by atoms with Crippen molar-refractivity contribution in [1.82, 2.24) is 5.32 Å². The molecule has 0 saturated heterocycles. The predicted molar refractivity (Wildman–Crippen MR) is 87.9 cm³/mol. The van der Waals surface area contributed by atoms with E-state index < -0.39 is 0 Å². The molecule has 1 rings (SSSR count). The molecule has 5 heteroatoms. The summed E-state index contributed by atoms with van der Waals surface area (Å²) in [4.78, 5) is 11.6. The first-order chi connectivity index (χ1) is 10.2. The molecule has 2 N–H and O–H groups in total. The van der Waals surface area contributed by atoms with Crippen LogP contribution in [0.3, 0.4) is 0 Å². The maximum Gasteiger partial charge on any atom is 0.220 e. The number of thioether (sulfide) groups is 1. The lowest BCUT2D eigenvalue weighted by Crippen LogP contribution is -2.25. The van der Waals surface area contributed by atoms with E-state index in [0.717, 1.165) is 30.1 Å². The number of benzene rings is 1. The Hall–Kier alpha value is -1.20. The van der Waals surface area contributed by atoms with Crippen LogP contribution in [-0.2, 0) is 4.79 Å². The molecule has 0 heterocycles. The number of amides is 1. The fraction of sp³-hybridized carbons (Fsp3) is 0.562. The zero-order chi connectivity index (χ0) is 15.3. The Morgan fingerprint density at radius 3 is 2.95 bits per heavy atom. The van der Waals surface area contributed by atoms with Crippen LogP contribution < -0.4 is 10.1 Å². The lowest BCUT2D eigenvalue weighted by atomic mass is 10.2. The van der Waals surface area contributed by atoms with Crippen molar-refractivity contribution in [1.29, 1.82) is 0 Å². The highest BCUT2D eigenvalue weighted by molar-refractivity contribution is 7.99. The molecule has 0 atom stereocenters. The predicted octanol–water partition coefficient (Wildman–Crippen LogP) is 2.39. The summed E-state index contributed by atoms with van der Waals surface area (Å²) in [7, 11) is 0. The number of aryl methyl sites for hydroxylation is 1. The summed E-state index contributed by atoms with van der Waals surface area (Å²) in [6.07, 6.45) is 2.03. The van der Waals surface area contributed by atoms with E-state index in [-0.39, 0.29) is 12.5 Å². The third-order valence-corrected chi connectivity index (χ3v) is 3.89. The Labute approximate surface area is 131 Å². The first kappa shape index (κ1) is 17.9. The zero-order valence-electron chi connectivity index (χ0n) is 12.6. The molecule has 21 heavy (non-hydrogen) atoms. The molecule has 118 valence electrons. The summed E-state index contributed by atoms with van der Waals surface area (Å²) >= 11 is 1.75. The molecule has 1 amide bonds. The van der Waals surface area contributed by atoms with Gasteiger partial charge < -0.3 is 15.2 Å². The Kier molecular flexibility index (Phi) is 9.74. The first-order valence-corrected chi connectivity index (χ1v) is 8.52. The van der Waals surface area contributed by atoms with E-state index in [9.17, 15) is 4.79 Å². The van der Waals surface area contributed by atoms with Crippen molar-refractivity contribution in [3.63, 3.8) is 0 Å². The maximum absolute atomic E-state index is 11.6. The van der Waals surface area contributed by atoms with Crippen LogP contribution >= 0.6 is 11.8 Å². The van der Waals surface area contributed by atoms with Crippen molar-refractivity contribution in [2.45, 2.75) is 26.2 Å². The van der Waals surface area contributed by atoms with Crippen LogP contribution in [0.5, 0.6) is 5.75 Å². The average molecular weight is 311 g/mol. The van der Waals surface area contributed by atoms with Gasteiger partial charge in [0.15, 0.2) is 0 Å². The molecule has 0 radical (unpaired) electrons. The first-order valence-electron chi connectivity index (χ1n) is 7.37. The van der Waals surface area contributed by atoms with Gasteiger partial charge in [-0.1, -0.05) is 12.1 Å². The van der Waals surface area contributed by atoms with Gasteiger partial charge in [0.1, 0.15) is 5.75 Å². The van der Waals surface area contributed by atoms with Crippen LogP contribution in [0.4, 0.5) is 0 Å². The molecule has 0 unspecified atom stereocenters. The van der Waals surface area contributed by atoms with Gasteiger partial charge in [-0.2, -0.15) is 11.8 Å². The number of rotatable bonds is 11. The van der Waals surface area contributed by atoms with Crippen molar-refractivity contribution in [3.05, 3.63) is 29.8 Å². The highest BCUT2D eigenvalue weighted by Gasteiger charge is 2.01. The van der Waals surface area contributed by atoms with Gasteiger partial charge >= 0.3 is 0 Å². The molecular weight excluding hydrogens is 286 g/mol. The quantitative estimate of drug-likeness (QED) is 0.616. The Balaban J connectivity index is 1.98. The third-order valence-electron chi connectivity index (χ3n) is 2.82. The van der Waals surface area contributed by atoms with Crippen molar-refractivity contribution >= 4 is 17.7 Å². The second-order valence-corrected chi connectivity index (χ2v) is 6.03. The number of carbonyl (C=O) groups is 1. The molecule has 0 spiro atoms. The minimum atomic E-state index is 0.0746. The molecule has 0 bridgehead atoms. The number of ether oxygens (including phenoxy) is 1. The van der Waals surface area contributed by atoms with E-state index in [1.165, 1.54) is 5.56 Å². The summed E-state index contributed by atoms with van der Waals surface area (Å²) in [5.41, 5.74) is 1.17. The fourth-order valence-corrected chi connectivity index (χ4v) is 2.53. The van der Waals surface area contributed by atoms with Gasteiger partial charge in [-0.15, -0.1) is 0 Å². The Bertz CT molecular complexity index is 412. The SMILES string of the molecule is Cc1cccc(OCCCC(=O)NCCSCCCO)c1. The zero-order valence-corrected chi connectivity index (χ0v) is 13.5. The van der Waals surface area contributed by atoms with Crippen LogP contribution in [0.1, 0.15) is 24.8 Å². The lowest BCUT2D eigenvalue weighted by molar-refractivity contribution is -0.121. The van der Waals surface area contributed by atoms with Gasteiger partial charge in [-0.3, -0.25) is 4.79 Å². The van der Waals surface area contributed by atoms with E-state index in [2.05, 4.69) is 5.32 Å². The molecule has 0 aliphatic carbocycles. The van der Waals surface area contributed by atoms with Crippen LogP contribution in [0.2, 0.25) is 0 Å². The lowest BCUT2D eigenvalue weighted by Gasteiger charge is -2.07. The number of aliphatic hydroxyl groups is 1. The van der Waals surface area contributed by atoms with Crippen molar-refractivity contribution in [3.8, 4) is 5.75 Å². The van der Waals surface area contributed by atoms with Crippen LogP contribution in [0, 0.1) is 6.92 Å². The van der Waals surface area contributed by atoms with Crippen LogP contribution in [0.15, 0.2) is 24.3 Å². The topological polar surface area (TPSA) is 58.6 Å². The van der Waals surface area contributed by atoms with E-state index in [1.54, 1.807) is 11.8 Å². The Morgan fingerprint density at radius 2 is 2.19 bits per heavy atom. The number of nitrogens with one attached hydrogen (secondary N) is 1. The normalized spacial score (nSPS) is 10.4. The number of aliphatic hydroxyl groups excluding tert-OH is 1. The van der Waals surface area contributed by atoms with Gasteiger partial charge in [0.25, 0.3) is 0 Å².